The molecule has 0 bridgehead atoms. The Balaban J connectivity index is 2.09. The van der Waals surface area contributed by atoms with Crippen LogP contribution >= 0.6 is 22.9 Å². The Morgan fingerprint density at radius 3 is 2.63 bits per heavy atom. The van der Waals surface area contributed by atoms with Crippen LogP contribution in [0.2, 0.25) is 5.02 Å². The number of benzene rings is 1. The molecular formula is C14H12ClN3S. The minimum absolute atomic E-state index is 0.0823. The van der Waals surface area contributed by atoms with Crippen LogP contribution in [0, 0.1) is 0 Å². The number of aromatic nitrogens is 2. The smallest absolute Gasteiger partial charge is 0.0890 e. The zero-order valence-electron chi connectivity index (χ0n) is 10.3. The molecule has 0 fully saturated rings. The summed E-state index contributed by atoms with van der Waals surface area (Å²) in [5.74, 6) is 0. The van der Waals surface area contributed by atoms with Gasteiger partial charge in [0.2, 0.25) is 0 Å². The molecule has 5 heteroatoms. The van der Waals surface area contributed by atoms with Gasteiger partial charge in [0.1, 0.15) is 0 Å². The highest BCUT2D eigenvalue weighted by Gasteiger charge is 2.17. The lowest BCUT2D eigenvalue weighted by molar-refractivity contribution is 0.705. The Morgan fingerprint density at radius 2 is 1.95 bits per heavy atom. The average Bonchev–Trinajstić information content (AvgIpc) is 2.86. The van der Waals surface area contributed by atoms with Crippen molar-refractivity contribution in [3.05, 3.63) is 57.5 Å². The second-order valence-electron chi connectivity index (χ2n) is 4.16. The molecule has 3 aromatic rings. The molecule has 1 atom stereocenters. The van der Waals surface area contributed by atoms with E-state index in [-0.39, 0.29) is 6.04 Å². The molecule has 2 heterocycles. The standard InChI is InChI=1S/C14H12ClN3S/c1-16-13(14-10(15)4-7-19-14)9-2-3-11-12(8-9)18-6-5-17-11/h2-8,13,16H,1H3. The first-order valence-corrected chi connectivity index (χ1v) is 7.16. The van der Waals surface area contributed by atoms with Gasteiger partial charge in [-0.15, -0.1) is 11.3 Å². The van der Waals surface area contributed by atoms with E-state index in [1.54, 1.807) is 23.7 Å². The highest BCUT2D eigenvalue weighted by atomic mass is 35.5. The van der Waals surface area contributed by atoms with Crippen LogP contribution in [0.15, 0.2) is 42.0 Å². The maximum absolute atomic E-state index is 6.22. The molecule has 0 saturated carbocycles. The summed E-state index contributed by atoms with van der Waals surface area (Å²) in [6.45, 7) is 0. The fourth-order valence-corrected chi connectivity index (χ4v) is 3.42. The van der Waals surface area contributed by atoms with Gasteiger partial charge in [-0.1, -0.05) is 17.7 Å². The SMILES string of the molecule is CNC(c1ccc2nccnc2c1)c1sccc1Cl. The van der Waals surface area contributed by atoms with Crippen molar-refractivity contribution in [3.8, 4) is 0 Å². The van der Waals surface area contributed by atoms with E-state index < -0.39 is 0 Å². The van der Waals surface area contributed by atoms with Crippen LogP contribution in [0.5, 0.6) is 0 Å². The van der Waals surface area contributed by atoms with Crippen LogP contribution in [0.1, 0.15) is 16.5 Å². The molecule has 0 amide bonds. The summed E-state index contributed by atoms with van der Waals surface area (Å²) in [4.78, 5) is 9.74. The number of nitrogens with one attached hydrogen (secondary N) is 1. The molecule has 3 nitrogen and oxygen atoms in total. The van der Waals surface area contributed by atoms with Gasteiger partial charge in [0.15, 0.2) is 0 Å². The fourth-order valence-electron chi connectivity index (χ4n) is 2.12. The molecule has 96 valence electrons. The molecule has 0 saturated heterocycles. The zero-order chi connectivity index (χ0) is 13.2. The molecule has 0 aliphatic heterocycles. The molecule has 19 heavy (non-hydrogen) atoms. The quantitative estimate of drug-likeness (QED) is 0.800. The van der Waals surface area contributed by atoms with Crippen molar-refractivity contribution < 1.29 is 0 Å². The summed E-state index contributed by atoms with van der Waals surface area (Å²) in [6.07, 6.45) is 3.41. The summed E-state index contributed by atoms with van der Waals surface area (Å²) in [5, 5.41) is 6.10. The second-order valence-corrected chi connectivity index (χ2v) is 5.51. The maximum atomic E-state index is 6.22. The predicted octanol–water partition coefficient (Wildman–Crippen LogP) is 3.65. The van der Waals surface area contributed by atoms with E-state index in [0.29, 0.717) is 0 Å². The Bertz CT molecular complexity index is 710. The van der Waals surface area contributed by atoms with Gasteiger partial charge in [-0.05, 0) is 36.2 Å². The van der Waals surface area contributed by atoms with Gasteiger partial charge in [0.25, 0.3) is 0 Å². The predicted molar refractivity (Wildman–Crippen MR) is 79.8 cm³/mol. The maximum Gasteiger partial charge on any atom is 0.0890 e. The van der Waals surface area contributed by atoms with Crippen molar-refractivity contribution in [1.29, 1.82) is 0 Å². The highest BCUT2D eigenvalue weighted by molar-refractivity contribution is 7.10. The van der Waals surface area contributed by atoms with Gasteiger partial charge in [0, 0.05) is 17.3 Å². The zero-order valence-corrected chi connectivity index (χ0v) is 11.9. The molecule has 1 unspecified atom stereocenters. The lowest BCUT2D eigenvalue weighted by Crippen LogP contribution is -2.16. The molecule has 2 aromatic heterocycles. The number of hydrogen-bond acceptors (Lipinski definition) is 4. The Morgan fingerprint density at radius 1 is 1.16 bits per heavy atom. The third kappa shape index (κ3) is 2.34. The number of nitrogens with zero attached hydrogens (tertiary/aromatic N) is 2. The summed E-state index contributed by atoms with van der Waals surface area (Å²) in [7, 11) is 1.93. The summed E-state index contributed by atoms with van der Waals surface area (Å²) >= 11 is 7.88. The van der Waals surface area contributed by atoms with Gasteiger partial charge in [0.05, 0.1) is 22.1 Å². The largest absolute Gasteiger partial charge is 0.309 e. The first-order chi connectivity index (χ1) is 9.29. The van der Waals surface area contributed by atoms with Crippen LogP contribution in [0.4, 0.5) is 0 Å². The van der Waals surface area contributed by atoms with E-state index >= 15 is 0 Å². The Labute approximate surface area is 120 Å². The van der Waals surface area contributed by atoms with Crippen molar-refractivity contribution in [1.82, 2.24) is 15.3 Å². The molecular weight excluding hydrogens is 278 g/mol. The third-order valence-corrected chi connectivity index (χ3v) is 4.45. The topological polar surface area (TPSA) is 37.8 Å². The summed E-state index contributed by atoms with van der Waals surface area (Å²) in [5.41, 5.74) is 2.94. The van der Waals surface area contributed by atoms with Gasteiger partial charge in [-0.25, -0.2) is 0 Å². The van der Waals surface area contributed by atoms with Crippen molar-refractivity contribution in [3.63, 3.8) is 0 Å². The molecule has 0 aliphatic carbocycles. The van der Waals surface area contributed by atoms with E-state index in [2.05, 4.69) is 27.4 Å². The van der Waals surface area contributed by atoms with Gasteiger partial charge >= 0.3 is 0 Å². The van der Waals surface area contributed by atoms with E-state index in [1.807, 2.05) is 24.6 Å². The van der Waals surface area contributed by atoms with Gasteiger partial charge in [-0.2, -0.15) is 0 Å². The molecule has 1 aromatic carbocycles. The molecule has 3 rings (SSSR count). The summed E-state index contributed by atoms with van der Waals surface area (Å²) in [6, 6.07) is 8.11. The lowest BCUT2D eigenvalue weighted by atomic mass is 10.0. The second kappa shape index (κ2) is 5.25. The van der Waals surface area contributed by atoms with Crippen LogP contribution in [-0.4, -0.2) is 17.0 Å². The fraction of sp³-hybridized carbons (Fsp3) is 0.143. The normalized spacial score (nSPS) is 12.7. The molecule has 0 radical (unpaired) electrons. The van der Waals surface area contributed by atoms with Crippen molar-refractivity contribution in [2.24, 2.45) is 0 Å². The van der Waals surface area contributed by atoms with Crippen molar-refractivity contribution in [2.75, 3.05) is 7.05 Å². The minimum atomic E-state index is 0.0823. The first-order valence-electron chi connectivity index (χ1n) is 5.90. The monoisotopic (exact) mass is 289 g/mol. The van der Waals surface area contributed by atoms with Gasteiger partial charge in [-0.3, -0.25) is 9.97 Å². The Kier molecular flexibility index (Phi) is 3.46. The van der Waals surface area contributed by atoms with E-state index in [0.717, 1.165) is 26.5 Å². The van der Waals surface area contributed by atoms with Crippen LogP contribution in [0.25, 0.3) is 11.0 Å². The van der Waals surface area contributed by atoms with Crippen molar-refractivity contribution in [2.45, 2.75) is 6.04 Å². The highest BCUT2D eigenvalue weighted by Crippen LogP contribution is 2.33. The number of fused-ring (bicyclic) bond motifs is 1. The Hall–Kier alpha value is -1.49. The number of halogens is 1. The first kappa shape index (κ1) is 12.5. The van der Waals surface area contributed by atoms with E-state index in [4.69, 9.17) is 11.6 Å². The molecule has 0 spiro atoms. The summed E-state index contributed by atoms with van der Waals surface area (Å²) < 4.78 is 0. The molecule has 0 aliphatic rings. The van der Waals surface area contributed by atoms with Crippen LogP contribution < -0.4 is 5.32 Å². The number of rotatable bonds is 3. The van der Waals surface area contributed by atoms with Crippen LogP contribution in [0.3, 0.4) is 0 Å². The number of hydrogen-bond donors (Lipinski definition) is 1. The van der Waals surface area contributed by atoms with E-state index in [1.165, 1.54) is 0 Å². The lowest BCUT2D eigenvalue weighted by Gasteiger charge is -2.16. The third-order valence-electron chi connectivity index (χ3n) is 3.02. The van der Waals surface area contributed by atoms with Crippen LogP contribution in [-0.2, 0) is 0 Å². The van der Waals surface area contributed by atoms with Crippen molar-refractivity contribution >= 4 is 34.0 Å². The minimum Gasteiger partial charge on any atom is -0.309 e. The van der Waals surface area contributed by atoms with E-state index in [9.17, 15) is 0 Å². The average molecular weight is 290 g/mol. The molecule has 1 N–H and O–H groups in total. The number of thiophene rings is 1. The van der Waals surface area contributed by atoms with Gasteiger partial charge < -0.3 is 5.32 Å².